The number of hydrogen-bond acceptors (Lipinski definition) is 5. The number of piperidine rings is 1. The monoisotopic (exact) mass is 418 g/mol. The lowest BCUT2D eigenvalue weighted by atomic mass is 9.82. The molecule has 2 fully saturated rings. The van der Waals surface area contributed by atoms with Gasteiger partial charge in [-0.25, -0.2) is 0 Å². The van der Waals surface area contributed by atoms with Gasteiger partial charge in [0.1, 0.15) is 5.69 Å². The number of nitrogens with one attached hydrogen (secondary N) is 1. The van der Waals surface area contributed by atoms with Crippen LogP contribution in [0.15, 0.2) is 41.2 Å². The Morgan fingerprint density at radius 3 is 2.58 bits per heavy atom. The van der Waals surface area contributed by atoms with Crippen molar-refractivity contribution in [3.8, 4) is 6.07 Å². The summed E-state index contributed by atoms with van der Waals surface area (Å²) in [7, 11) is 0. The Hall–Kier alpha value is -2.95. The molecule has 1 aromatic heterocycles. The van der Waals surface area contributed by atoms with Gasteiger partial charge in [0, 0.05) is 56.1 Å². The minimum absolute atomic E-state index is 0.131. The predicted octanol–water partition coefficient (Wildman–Crippen LogP) is 2.57. The molecule has 3 aliphatic heterocycles. The summed E-state index contributed by atoms with van der Waals surface area (Å²) < 4.78 is 7.39. The number of nitriles is 1. The van der Waals surface area contributed by atoms with Crippen LogP contribution in [0.3, 0.4) is 0 Å². The number of aromatic nitrogens is 1. The minimum atomic E-state index is -0.344. The molecular weight excluding hydrogens is 392 g/mol. The van der Waals surface area contributed by atoms with E-state index in [9.17, 15) is 9.59 Å². The topological polar surface area (TPSA) is 87.4 Å². The Morgan fingerprint density at radius 1 is 1.06 bits per heavy atom. The van der Waals surface area contributed by atoms with Gasteiger partial charge in [0.2, 0.25) is 0 Å². The lowest BCUT2D eigenvalue weighted by Gasteiger charge is -2.46. The van der Waals surface area contributed by atoms with E-state index in [1.165, 1.54) is 0 Å². The van der Waals surface area contributed by atoms with Crippen LogP contribution in [0.1, 0.15) is 46.8 Å². The Morgan fingerprint density at radius 2 is 1.84 bits per heavy atom. The molecule has 2 aromatic rings. The van der Waals surface area contributed by atoms with Crippen molar-refractivity contribution in [2.75, 3.05) is 31.6 Å². The second-order valence-electron chi connectivity index (χ2n) is 8.83. The van der Waals surface area contributed by atoms with Gasteiger partial charge >= 0.3 is 0 Å². The van der Waals surface area contributed by atoms with E-state index in [-0.39, 0.29) is 11.5 Å². The largest absolute Gasteiger partial charge is 0.381 e. The van der Waals surface area contributed by atoms with Crippen molar-refractivity contribution in [2.24, 2.45) is 5.92 Å². The molecule has 4 heterocycles. The van der Waals surface area contributed by atoms with Crippen LogP contribution in [0.5, 0.6) is 0 Å². The number of rotatable bonds is 3. The Labute approximate surface area is 181 Å². The number of ether oxygens (including phenoxy) is 1. The van der Waals surface area contributed by atoms with Gasteiger partial charge in [-0.05, 0) is 61.6 Å². The number of pyridine rings is 1. The summed E-state index contributed by atoms with van der Waals surface area (Å²) in [5, 5.41) is 11.7. The van der Waals surface area contributed by atoms with Crippen LogP contribution in [-0.2, 0) is 11.3 Å². The first-order valence-corrected chi connectivity index (χ1v) is 11.0. The van der Waals surface area contributed by atoms with E-state index in [0.29, 0.717) is 41.2 Å². The van der Waals surface area contributed by atoms with Gasteiger partial charge in [0.25, 0.3) is 11.5 Å². The molecule has 0 spiro atoms. The molecule has 31 heavy (non-hydrogen) atoms. The average Bonchev–Trinajstić information content (AvgIpc) is 2.81. The molecule has 2 atom stereocenters. The second-order valence-corrected chi connectivity index (χ2v) is 8.83. The van der Waals surface area contributed by atoms with Gasteiger partial charge in [0.15, 0.2) is 0 Å². The fraction of sp³-hybridized carbons (Fsp3) is 0.458. The summed E-state index contributed by atoms with van der Waals surface area (Å²) >= 11 is 0. The number of fused-ring (bicyclic) bond motifs is 4. The summed E-state index contributed by atoms with van der Waals surface area (Å²) in [5.74, 6) is 0.464. The predicted molar refractivity (Wildman–Crippen MR) is 116 cm³/mol. The number of anilines is 1. The van der Waals surface area contributed by atoms with Crippen LogP contribution >= 0.6 is 0 Å². The fourth-order valence-electron chi connectivity index (χ4n) is 5.32. The molecule has 0 saturated carbocycles. The highest BCUT2D eigenvalue weighted by Gasteiger charge is 2.37. The third-order valence-electron chi connectivity index (χ3n) is 6.86. The van der Waals surface area contributed by atoms with Crippen molar-refractivity contribution < 1.29 is 9.53 Å². The average molecular weight is 418 g/mol. The number of likely N-dealkylation sites (tertiary alicyclic amines) is 1. The third kappa shape index (κ3) is 3.89. The Bertz CT molecular complexity index is 1080. The van der Waals surface area contributed by atoms with E-state index in [4.69, 9.17) is 10.00 Å². The standard InChI is InChI=1S/C24H26N4O3/c25-12-16-1-3-18(4-2-16)23(29)26-21-5-6-22-19-11-17(14-28(22)24(21)30)13-27(15-19)20-7-9-31-10-8-20/h1-6,17,19-20H,7-11,13-15H2,(H,26,29)/t17-,19+/m0/s1. The molecule has 0 aliphatic carbocycles. The first-order chi connectivity index (χ1) is 15.1. The molecule has 5 rings (SSSR count). The van der Waals surface area contributed by atoms with Crippen LogP contribution in [0.25, 0.3) is 0 Å². The maximum Gasteiger partial charge on any atom is 0.274 e. The fourth-order valence-corrected chi connectivity index (χ4v) is 5.32. The van der Waals surface area contributed by atoms with E-state index in [1.807, 2.05) is 16.7 Å². The molecule has 3 aliphatic rings. The van der Waals surface area contributed by atoms with Crippen molar-refractivity contribution in [3.05, 3.63) is 63.6 Å². The summed E-state index contributed by atoms with van der Waals surface area (Å²) in [4.78, 5) is 28.4. The molecular formula is C24H26N4O3. The Balaban J connectivity index is 1.35. The van der Waals surface area contributed by atoms with Crippen molar-refractivity contribution in [3.63, 3.8) is 0 Å². The molecule has 2 saturated heterocycles. The van der Waals surface area contributed by atoms with Crippen molar-refractivity contribution in [1.29, 1.82) is 5.26 Å². The maximum atomic E-state index is 13.2. The van der Waals surface area contributed by atoms with E-state index < -0.39 is 0 Å². The van der Waals surface area contributed by atoms with Crippen LogP contribution in [0.2, 0.25) is 0 Å². The molecule has 2 bridgehead atoms. The SMILES string of the molecule is N#Cc1ccc(C(=O)Nc2ccc3n(c2=O)C[C@H]2C[C@@H]3CN(C3CCOCC3)C2)cc1. The summed E-state index contributed by atoms with van der Waals surface area (Å²) in [6.45, 7) is 4.39. The van der Waals surface area contributed by atoms with E-state index in [1.54, 1.807) is 30.3 Å². The summed E-state index contributed by atoms with van der Waals surface area (Å²) in [5.41, 5.74) is 2.17. The van der Waals surface area contributed by atoms with Crippen LogP contribution < -0.4 is 10.9 Å². The molecule has 7 heteroatoms. The highest BCUT2D eigenvalue weighted by atomic mass is 16.5. The number of carbonyl (C=O) groups excluding carboxylic acids is 1. The normalized spacial score (nSPS) is 23.6. The van der Waals surface area contributed by atoms with Crippen LogP contribution in [-0.4, -0.2) is 47.7 Å². The van der Waals surface area contributed by atoms with Gasteiger partial charge in [-0.2, -0.15) is 5.26 Å². The second kappa shape index (κ2) is 8.29. The lowest BCUT2D eigenvalue weighted by Crippen LogP contribution is -2.51. The number of carbonyl (C=O) groups is 1. The van der Waals surface area contributed by atoms with Gasteiger partial charge < -0.3 is 14.6 Å². The maximum absolute atomic E-state index is 13.2. The molecule has 7 nitrogen and oxygen atoms in total. The van der Waals surface area contributed by atoms with Crippen LogP contribution in [0.4, 0.5) is 5.69 Å². The third-order valence-corrected chi connectivity index (χ3v) is 6.86. The summed E-state index contributed by atoms with van der Waals surface area (Å²) in [6.07, 6.45) is 3.30. The van der Waals surface area contributed by atoms with Gasteiger partial charge in [-0.1, -0.05) is 0 Å². The van der Waals surface area contributed by atoms with Crippen molar-refractivity contribution in [2.45, 2.75) is 37.8 Å². The molecule has 0 radical (unpaired) electrons. The van der Waals surface area contributed by atoms with Gasteiger partial charge in [0.05, 0.1) is 11.6 Å². The zero-order valence-corrected chi connectivity index (χ0v) is 17.4. The molecule has 1 N–H and O–H groups in total. The number of benzene rings is 1. The number of hydrogen-bond donors (Lipinski definition) is 1. The highest BCUT2D eigenvalue weighted by Crippen LogP contribution is 2.37. The quantitative estimate of drug-likeness (QED) is 0.828. The van der Waals surface area contributed by atoms with E-state index in [2.05, 4.69) is 10.2 Å². The van der Waals surface area contributed by atoms with E-state index in [0.717, 1.165) is 51.3 Å². The van der Waals surface area contributed by atoms with Gasteiger partial charge in [-0.15, -0.1) is 0 Å². The first kappa shape index (κ1) is 20.0. The minimum Gasteiger partial charge on any atom is -0.381 e. The molecule has 1 amide bonds. The zero-order valence-electron chi connectivity index (χ0n) is 17.4. The van der Waals surface area contributed by atoms with Crippen molar-refractivity contribution in [1.82, 2.24) is 9.47 Å². The highest BCUT2D eigenvalue weighted by molar-refractivity contribution is 6.04. The van der Waals surface area contributed by atoms with Crippen LogP contribution in [0, 0.1) is 17.2 Å². The summed E-state index contributed by atoms with van der Waals surface area (Å²) in [6, 6.07) is 12.8. The smallest absolute Gasteiger partial charge is 0.274 e. The molecule has 1 aromatic carbocycles. The molecule has 0 unspecified atom stereocenters. The first-order valence-electron chi connectivity index (χ1n) is 11.0. The number of nitrogens with zero attached hydrogens (tertiary/aromatic N) is 3. The van der Waals surface area contributed by atoms with Gasteiger partial charge in [-0.3, -0.25) is 14.5 Å². The Kier molecular flexibility index (Phi) is 5.34. The number of amides is 1. The lowest BCUT2D eigenvalue weighted by molar-refractivity contribution is 0.00589. The zero-order chi connectivity index (χ0) is 21.4. The molecule has 160 valence electrons. The van der Waals surface area contributed by atoms with E-state index >= 15 is 0 Å². The van der Waals surface area contributed by atoms with Crippen molar-refractivity contribution >= 4 is 11.6 Å².